The Morgan fingerprint density at radius 3 is 2.62 bits per heavy atom. The second-order valence-corrected chi connectivity index (χ2v) is 4.43. The van der Waals surface area contributed by atoms with Crippen molar-refractivity contribution in [2.24, 2.45) is 11.7 Å². The van der Waals surface area contributed by atoms with Crippen molar-refractivity contribution in [2.75, 3.05) is 6.54 Å². The molecule has 1 amide bonds. The van der Waals surface area contributed by atoms with Crippen LogP contribution >= 0.6 is 0 Å². The SMILES string of the molecule is CC(C)CC1(C(N)=O)CCCCN1. The smallest absolute Gasteiger partial charge is 0.237 e. The van der Waals surface area contributed by atoms with Gasteiger partial charge in [0.05, 0.1) is 5.54 Å². The number of amides is 1. The fraction of sp³-hybridized carbons (Fsp3) is 0.900. The van der Waals surface area contributed by atoms with E-state index in [-0.39, 0.29) is 5.91 Å². The Bertz CT molecular complexity index is 183. The van der Waals surface area contributed by atoms with Gasteiger partial charge in [-0.2, -0.15) is 0 Å². The van der Waals surface area contributed by atoms with Gasteiger partial charge in [0, 0.05) is 0 Å². The molecule has 3 nitrogen and oxygen atoms in total. The molecule has 0 aromatic heterocycles. The molecule has 1 aliphatic heterocycles. The van der Waals surface area contributed by atoms with Crippen molar-refractivity contribution in [1.82, 2.24) is 5.32 Å². The predicted molar refractivity (Wildman–Crippen MR) is 53.2 cm³/mol. The molecule has 1 aliphatic rings. The molecule has 1 fully saturated rings. The Hall–Kier alpha value is -0.570. The van der Waals surface area contributed by atoms with Crippen LogP contribution < -0.4 is 11.1 Å². The van der Waals surface area contributed by atoms with Crippen molar-refractivity contribution >= 4 is 5.91 Å². The van der Waals surface area contributed by atoms with Gasteiger partial charge in [0.1, 0.15) is 0 Å². The summed E-state index contributed by atoms with van der Waals surface area (Å²) in [6, 6.07) is 0. The molecule has 76 valence electrons. The molecule has 0 aromatic rings. The van der Waals surface area contributed by atoms with Crippen molar-refractivity contribution in [1.29, 1.82) is 0 Å². The number of carbonyl (C=O) groups is 1. The van der Waals surface area contributed by atoms with Gasteiger partial charge in [0.2, 0.25) is 5.91 Å². The fourth-order valence-corrected chi connectivity index (χ4v) is 2.15. The van der Waals surface area contributed by atoms with Gasteiger partial charge < -0.3 is 11.1 Å². The molecule has 1 heterocycles. The number of nitrogens with two attached hydrogens (primary N) is 1. The molecule has 1 atom stereocenters. The maximum absolute atomic E-state index is 11.4. The van der Waals surface area contributed by atoms with Gasteiger partial charge in [-0.25, -0.2) is 0 Å². The third kappa shape index (κ3) is 2.44. The van der Waals surface area contributed by atoms with E-state index in [9.17, 15) is 4.79 Å². The van der Waals surface area contributed by atoms with Crippen LogP contribution in [0, 0.1) is 5.92 Å². The summed E-state index contributed by atoms with van der Waals surface area (Å²) >= 11 is 0. The lowest BCUT2D eigenvalue weighted by Crippen LogP contribution is -2.58. The number of hydrogen-bond acceptors (Lipinski definition) is 2. The van der Waals surface area contributed by atoms with Gasteiger partial charge in [0.15, 0.2) is 0 Å². The number of carbonyl (C=O) groups excluding carboxylic acids is 1. The molecule has 0 aliphatic carbocycles. The van der Waals surface area contributed by atoms with Crippen LogP contribution in [0.1, 0.15) is 39.5 Å². The zero-order chi connectivity index (χ0) is 9.90. The highest BCUT2D eigenvalue weighted by Crippen LogP contribution is 2.26. The van der Waals surface area contributed by atoms with E-state index in [1.165, 1.54) is 0 Å². The third-order valence-corrected chi connectivity index (χ3v) is 2.72. The molecular weight excluding hydrogens is 164 g/mol. The summed E-state index contributed by atoms with van der Waals surface area (Å²) in [7, 11) is 0. The van der Waals surface area contributed by atoms with Crippen molar-refractivity contribution < 1.29 is 4.79 Å². The van der Waals surface area contributed by atoms with Crippen LogP contribution in [0.3, 0.4) is 0 Å². The summed E-state index contributed by atoms with van der Waals surface area (Å²) in [5.41, 5.74) is 5.04. The van der Waals surface area contributed by atoms with E-state index in [4.69, 9.17) is 5.73 Å². The fourth-order valence-electron chi connectivity index (χ4n) is 2.15. The minimum absolute atomic E-state index is 0.180. The molecule has 0 spiro atoms. The lowest BCUT2D eigenvalue weighted by Gasteiger charge is -2.36. The highest BCUT2D eigenvalue weighted by Gasteiger charge is 2.37. The molecule has 1 unspecified atom stereocenters. The van der Waals surface area contributed by atoms with Gasteiger partial charge in [0.25, 0.3) is 0 Å². The summed E-state index contributed by atoms with van der Waals surface area (Å²) < 4.78 is 0. The number of piperidine rings is 1. The van der Waals surface area contributed by atoms with Crippen molar-refractivity contribution in [2.45, 2.75) is 45.1 Å². The molecule has 1 saturated heterocycles. The van der Waals surface area contributed by atoms with Crippen LogP contribution in [0.25, 0.3) is 0 Å². The Balaban J connectivity index is 2.67. The van der Waals surface area contributed by atoms with E-state index >= 15 is 0 Å². The van der Waals surface area contributed by atoms with Gasteiger partial charge in [-0.1, -0.05) is 13.8 Å². The number of nitrogens with one attached hydrogen (secondary N) is 1. The van der Waals surface area contributed by atoms with Crippen LogP contribution in [-0.4, -0.2) is 18.0 Å². The van der Waals surface area contributed by atoms with Crippen LogP contribution in [0.2, 0.25) is 0 Å². The van der Waals surface area contributed by atoms with Gasteiger partial charge in [-0.15, -0.1) is 0 Å². The lowest BCUT2D eigenvalue weighted by molar-refractivity contribution is -0.126. The average molecular weight is 184 g/mol. The van der Waals surface area contributed by atoms with Crippen molar-refractivity contribution in [3.63, 3.8) is 0 Å². The van der Waals surface area contributed by atoms with Gasteiger partial charge in [-0.05, 0) is 38.1 Å². The standard InChI is InChI=1S/C10H20N2O/c1-8(2)7-10(9(11)13)5-3-4-6-12-10/h8,12H,3-7H2,1-2H3,(H2,11,13). The molecular formula is C10H20N2O. The first-order valence-corrected chi connectivity index (χ1v) is 5.12. The van der Waals surface area contributed by atoms with E-state index in [2.05, 4.69) is 19.2 Å². The first-order valence-electron chi connectivity index (χ1n) is 5.12. The normalized spacial score (nSPS) is 29.2. The highest BCUT2D eigenvalue weighted by molar-refractivity contribution is 5.84. The van der Waals surface area contributed by atoms with Crippen molar-refractivity contribution in [3.05, 3.63) is 0 Å². The maximum Gasteiger partial charge on any atom is 0.237 e. The van der Waals surface area contributed by atoms with Crippen LogP contribution in [-0.2, 0) is 4.79 Å². The Kier molecular flexibility index (Phi) is 3.31. The minimum atomic E-state index is -0.410. The third-order valence-electron chi connectivity index (χ3n) is 2.72. The summed E-state index contributed by atoms with van der Waals surface area (Å²) in [5.74, 6) is 0.332. The Morgan fingerprint density at radius 2 is 2.23 bits per heavy atom. The first-order chi connectivity index (χ1) is 6.07. The zero-order valence-corrected chi connectivity index (χ0v) is 8.60. The Morgan fingerprint density at radius 1 is 1.54 bits per heavy atom. The van der Waals surface area contributed by atoms with E-state index < -0.39 is 5.54 Å². The highest BCUT2D eigenvalue weighted by atomic mass is 16.1. The molecule has 3 heteroatoms. The number of primary amides is 1. The topological polar surface area (TPSA) is 55.1 Å². The van der Waals surface area contributed by atoms with Crippen LogP contribution in [0.15, 0.2) is 0 Å². The molecule has 13 heavy (non-hydrogen) atoms. The van der Waals surface area contributed by atoms with E-state index in [0.717, 1.165) is 32.2 Å². The second kappa shape index (κ2) is 4.09. The molecule has 3 N–H and O–H groups in total. The number of hydrogen-bond donors (Lipinski definition) is 2. The van der Waals surface area contributed by atoms with Gasteiger partial charge >= 0.3 is 0 Å². The average Bonchev–Trinajstić information content (AvgIpc) is 2.04. The van der Waals surface area contributed by atoms with Crippen LogP contribution in [0.5, 0.6) is 0 Å². The summed E-state index contributed by atoms with van der Waals surface area (Å²) in [6.45, 7) is 5.18. The number of rotatable bonds is 3. The largest absolute Gasteiger partial charge is 0.368 e. The monoisotopic (exact) mass is 184 g/mol. The molecule has 0 saturated carbocycles. The zero-order valence-electron chi connectivity index (χ0n) is 8.60. The van der Waals surface area contributed by atoms with Crippen molar-refractivity contribution in [3.8, 4) is 0 Å². The Labute approximate surface area is 80.1 Å². The van der Waals surface area contributed by atoms with E-state index in [1.807, 2.05) is 0 Å². The van der Waals surface area contributed by atoms with Gasteiger partial charge in [-0.3, -0.25) is 4.79 Å². The minimum Gasteiger partial charge on any atom is -0.368 e. The summed E-state index contributed by atoms with van der Waals surface area (Å²) in [5, 5.41) is 3.29. The molecule has 0 bridgehead atoms. The molecule has 0 radical (unpaired) electrons. The predicted octanol–water partition coefficient (Wildman–Crippen LogP) is 1.03. The lowest BCUT2D eigenvalue weighted by atomic mass is 9.81. The quantitative estimate of drug-likeness (QED) is 0.688. The molecule has 1 rings (SSSR count). The van der Waals surface area contributed by atoms with E-state index in [0.29, 0.717) is 5.92 Å². The maximum atomic E-state index is 11.4. The first kappa shape index (κ1) is 10.5. The summed E-state index contributed by atoms with van der Waals surface area (Å²) in [4.78, 5) is 11.4. The second-order valence-electron chi connectivity index (χ2n) is 4.43. The molecule has 0 aromatic carbocycles. The van der Waals surface area contributed by atoms with Crippen LogP contribution in [0.4, 0.5) is 0 Å². The van der Waals surface area contributed by atoms with E-state index in [1.54, 1.807) is 0 Å². The summed E-state index contributed by atoms with van der Waals surface area (Å²) in [6.07, 6.45) is 4.04.